The molecule has 9 heteroatoms. The van der Waals surface area contributed by atoms with Crippen LogP contribution >= 0.6 is 11.6 Å². The number of β-amino-alcohol motifs (C(OH)–C–C–N with tert-alkyl or cyclic N) is 1. The van der Waals surface area contributed by atoms with Crippen molar-refractivity contribution in [2.45, 2.75) is 0 Å². The molecule has 152 valence electrons. The van der Waals surface area contributed by atoms with Crippen LogP contribution in [0.5, 0.6) is 11.5 Å². The zero-order valence-corrected chi connectivity index (χ0v) is 16.2. The molecule has 1 amide bonds. The maximum Gasteiger partial charge on any atom is 0.337 e. The largest absolute Gasteiger partial charge is 0.466 e. The van der Waals surface area contributed by atoms with Gasteiger partial charge in [-0.1, -0.05) is 17.7 Å². The Morgan fingerprint density at radius 3 is 2.79 bits per heavy atom. The minimum absolute atomic E-state index is 0.00309. The summed E-state index contributed by atoms with van der Waals surface area (Å²) in [4.78, 5) is 26.1. The number of amides is 1. The lowest BCUT2D eigenvalue weighted by Crippen LogP contribution is -2.31. The average molecular weight is 421 g/mol. The maximum atomic E-state index is 13.5. The molecule has 1 aliphatic rings. The van der Waals surface area contributed by atoms with E-state index in [2.05, 4.69) is 5.32 Å². The molecule has 0 fully saturated rings. The van der Waals surface area contributed by atoms with Crippen LogP contribution in [0.3, 0.4) is 0 Å². The molecule has 0 saturated heterocycles. The van der Waals surface area contributed by atoms with Crippen LogP contribution in [0, 0.1) is 5.82 Å². The molecule has 1 aliphatic heterocycles. The quantitative estimate of drug-likeness (QED) is 0.670. The lowest BCUT2D eigenvalue weighted by atomic mass is 10.2. The normalized spacial score (nSPS) is 13.7. The van der Waals surface area contributed by atoms with Crippen LogP contribution in [0.25, 0.3) is 0 Å². The third-order valence-electron chi connectivity index (χ3n) is 4.18. The van der Waals surface area contributed by atoms with Crippen LogP contribution < -0.4 is 10.1 Å². The van der Waals surface area contributed by atoms with Gasteiger partial charge in [-0.25, -0.2) is 9.18 Å². The Hall–Kier alpha value is -3.10. The Morgan fingerprint density at radius 1 is 1.31 bits per heavy atom. The van der Waals surface area contributed by atoms with Crippen LogP contribution in [0.2, 0.25) is 5.02 Å². The number of aliphatic hydroxyl groups excluding tert-OH is 1. The Bertz CT molecular complexity index is 979. The maximum absolute atomic E-state index is 13.5. The van der Waals surface area contributed by atoms with Crippen molar-refractivity contribution in [1.82, 2.24) is 4.90 Å². The van der Waals surface area contributed by atoms with Crippen molar-refractivity contribution in [2.24, 2.45) is 0 Å². The summed E-state index contributed by atoms with van der Waals surface area (Å²) < 4.78 is 23.9. The topological polar surface area (TPSA) is 88.1 Å². The van der Waals surface area contributed by atoms with E-state index in [1.54, 1.807) is 18.2 Å². The number of ether oxygens (including phenoxy) is 2. The van der Waals surface area contributed by atoms with Crippen LogP contribution in [0.1, 0.15) is 0 Å². The molecule has 1 heterocycles. The molecule has 0 atom stereocenters. The van der Waals surface area contributed by atoms with Crippen molar-refractivity contribution < 1.29 is 28.6 Å². The third kappa shape index (κ3) is 4.67. The van der Waals surface area contributed by atoms with E-state index in [4.69, 9.17) is 26.2 Å². The molecule has 0 saturated carbocycles. The molecule has 7 nitrogen and oxygen atoms in total. The van der Waals surface area contributed by atoms with Gasteiger partial charge in [-0.2, -0.15) is 0 Å². The van der Waals surface area contributed by atoms with E-state index < -0.39 is 17.7 Å². The number of aliphatic hydroxyl groups is 1. The highest BCUT2D eigenvalue weighted by atomic mass is 35.5. The van der Waals surface area contributed by atoms with Gasteiger partial charge in [-0.05, 0) is 30.3 Å². The van der Waals surface area contributed by atoms with Gasteiger partial charge in [0.05, 0.1) is 31.5 Å². The zero-order valence-electron chi connectivity index (χ0n) is 15.4. The van der Waals surface area contributed by atoms with E-state index >= 15 is 0 Å². The number of esters is 1. The van der Waals surface area contributed by atoms with Gasteiger partial charge in [0.2, 0.25) is 0 Å². The van der Waals surface area contributed by atoms with Crippen molar-refractivity contribution in [3.8, 4) is 11.5 Å². The van der Waals surface area contributed by atoms with Crippen LogP contribution in [0.4, 0.5) is 10.1 Å². The van der Waals surface area contributed by atoms with Crippen molar-refractivity contribution in [2.75, 3.05) is 32.1 Å². The van der Waals surface area contributed by atoms with Gasteiger partial charge in [0.25, 0.3) is 5.91 Å². The second kappa shape index (κ2) is 8.93. The van der Waals surface area contributed by atoms with Gasteiger partial charge in [0, 0.05) is 17.6 Å². The number of hydrogen-bond donors (Lipinski definition) is 2. The second-order valence-electron chi connectivity index (χ2n) is 6.12. The second-order valence-corrected chi connectivity index (χ2v) is 6.56. The van der Waals surface area contributed by atoms with Gasteiger partial charge in [0.15, 0.2) is 5.75 Å². The fourth-order valence-electron chi connectivity index (χ4n) is 2.83. The molecule has 2 aromatic rings. The van der Waals surface area contributed by atoms with E-state index in [1.807, 2.05) is 0 Å². The third-order valence-corrected chi connectivity index (χ3v) is 4.41. The van der Waals surface area contributed by atoms with E-state index in [9.17, 15) is 14.0 Å². The number of methoxy groups -OCH3 is 1. The number of nitrogens with zero attached hydrogens (tertiary/aromatic N) is 1. The number of benzene rings is 2. The standard InChI is InChI=1S/C20H18ClFN2O5/c1-28-20(27)15-11-24(7-8-25)19(26)18(15)23-16-9-12(21)5-6-17(16)29-14-4-2-3-13(22)10-14/h2-6,9-10,23,25H,7-8,11H2,1H3. The highest BCUT2D eigenvalue weighted by Gasteiger charge is 2.34. The lowest BCUT2D eigenvalue weighted by Gasteiger charge is -2.16. The number of carbonyl (C=O) groups excluding carboxylic acids is 2. The van der Waals surface area contributed by atoms with Crippen LogP contribution in [-0.2, 0) is 14.3 Å². The summed E-state index contributed by atoms with van der Waals surface area (Å²) in [5, 5.41) is 12.4. The van der Waals surface area contributed by atoms with Gasteiger partial charge in [-0.3, -0.25) is 4.79 Å². The Morgan fingerprint density at radius 2 is 2.10 bits per heavy atom. The minimum atomic E-state index is -0.670. The summed E-state index contributed by atoms with van der Waals surface area (Å²) >= 11 is 6.08. The predicted molar refractivity (Wildman–Crippen MR) is 104 cm³/mol. The highest BCUT2D eigenvalue weighted by molar-refractivity contribution is 6.31. The van der Waals surface area contributed by atoms with E-state index in [1.165, 1.54) is 36.3 Å². The Labute approximate surface area is 171 Å². The van der Waals surface area contributed by atoms with Crippen LogP contribution in [-0.4, -0.2) is 48.7 Å². The first-order valence-corrected chi connectivity index (χ1v) is 9.02. The van der Waals surface area contributed by atoms with Gasteiger partial charge < -0.3 is 24.8 Å². The summed E-state index contributed by atoms with van der Waals surface area (Å²) in [6.45, 7) is -0.194. The summed E-state index contributed by atoms with van der Waals surface area (Å²) in [6, 6.07) is 10.2. The van der Waals surface area contributed by atoms with E-state index in [0.717, 1.165) is 0 Å². The molecule has 0 bridgehead atoms. The average Bonchev–Trinajstić information content (AvgIpc) is 3.00. The number of halogens is 2. The summed E-state index contributed by atoms with van der Waals surface area (Å²) in [7, 11) is 1.21. The first-order valence-electron chi connectivity index (χ1n) is 8.64. The van der Waals surface area contributed by atoms with Crippen molar-refractivity contribution in [3.05, 3.63) is 64.6 Å². The number of carbonyl (C=O) groups is 2. The molecule has 0 unspecified atom stereocenters. The molecular weight excluding hydrogens is 403 g/mol. The van der Waals surface area contributed by atoms with Gasteiger partial charge >= 0.3 is 5.97 Å². The fourth-order valence-corrected chi connectivity index (χ4v) is 3.00. The Balaban J connectivity index is 1.96. The van der Waals surface area contributed by atoms with Crippen molar-refractivity contribution >= 4 is 29.2 Å². The fraction of sp³-hybridized carbons (Fsp3) is 0.200. The van der Waals surface area contributed by atoms with Crippen LogP contribution in [0.15, 0.2) is 53.7 Å². The minimum Gasteiger partial charge on any atom is -0.466 e. The summed E-state index contributed by atoms with van der Waals surface area (Å²) in [5.74, 6) is -1.10. The molecular formula is C20H18ClFN2O5. The Kier molecular flexibility index (Phi) is 6.36. The number of anilines is 1. The first-order chi connectivity index (χ1) is 13.9. The number of nitrogens with one attached hydrogen (secondary N) is 1. The number of hydrogen-bond acceptors (Lipinski definition) is 6. The molecule has 2 aromatic carbocycles. The summed E-state index contributed by atoms with van der Waals surface area (Å²) in [6.07, 6.45) is 0. The zero-order chi connectivity index (χ0) is 21.0. The molecule has 0 aliphatic carbocycles. The smallest absolute Gasteiger partial charge is 0.337 e. The first kappa shape index (κ1) is 20.6. The van der Waals surface area contributed by atoms with Crippen molar-refractivity contribution in [1.29, 1.82) is 0 Å². The monoisotopic (exact) mass is 420 g/mol. The molecule has 29 heavy (non-hydrogen) atoms. The molecule has 3 rings (SSSR count). The molecule has 2 N–H and O–H groups in total. The molecule has 0 spiro atoms. The number of rotatable bonds is 7. The van der Waals surface area contributed by atoms with Gasteiger partial charge in [0.1, 0.15) is 17.3 Å². The predicted octanol–water partition coefficient (Wildman–Crippen LogP) is 2.94. The summed E-state index contributed by atoms with van der Waals surface area (Å²) in [5.41, 5.74) is 0.414. The van der Waals surface area contributed by atoms with Crippen molar-refractivity contribution in [3.63, 3.8) is 0 Å². The molecule has 0 radical (unpaired) electrons. The lowest BCUT2D eigenvalue weighted by molar-refractivity contribution is -0.136. The van der Waals surface area contributed by atoms with Gasteiger partial charge in [-0.15, -0.1) is 0 Å². The molecule has 0 aromatic heterocycles. The highest BCUT2D eigenvalue weighted by Crippen LogP contribution is 2.34. The SMILES string of the molecule is COC(=O)C1=C(Nc2cc(Cl)ccc2Oc2cccc(F)c2)C(=O)N(CCO)C1. The van der Waals surface area contributed by atoms with E-state index in [-0.39, 0.29) is 42.5 Å². The van der Waals surface area contributed by atoms with E-state index in [0.29, 0.717) is 10.7 Å².